The summed E-state index contributed by atoms with van der Waals surface area (Å²) in [5.74, 6) is -2.50. The van der Waals surface area contributed by atoms with E-state index in [4.69, 9.17) is 0 Å². The van der Waals surface area contributed by atoms with Crippen molar-refractivity contribution in [3.63, 3.8) is 0 Å². The molecule has 2 rings (SSSR count). The molecular weight excluding hydrogens is 230 g/mol. The van der Waals surface area contributed by atoms with Crippen LogP contribution in [0.25, 0.3) is 11.4 Å². The Morgan fingerprint density at radius 3 is 2.59 bits per heavy atom. The number of hydrogen-bond acceptors (Lipinski definition) is 3. The zero-order chi connectivity index (χ0) is 12.6. The van der Waals surface area contributed by atoms with Crippen LogP contribution in [0.3, 0.4) is 0 Å². The van der Waals surface area contributed by atoms with Crippen LogP contribution in [0.15, 0.2) is 23.0 Å². The largest absolute Gasteiger partial charge is 0.493 e. The van der Waals surface area contributed by atoms with E-state index in [1.807, 2.05) is 0 Å². The molecule has 2 N–H and O–H groups in total. The summed E-state index contributed by atoms with van der Waals surface area (Å²) in [5.41, 5.74) is -0.287. The quantitative estimate of drug-likeness (QED) is 0.795. The third-order valence-electron chi connectivity index (χ3n) is 2.32. The number of benzene rings is 1. The number of halogens is 2. The van der Waals surface area contributed by atoms with Gasteiger partial charge in [0.2, 0.25) is 5.88 Å². The Balaban J connectivity index is 2.61. The maximum absolute atomic E-state index is 13.0. The third kappa shape index (κ3) is 2.01. The number of aromatic amines is 1. The van der Waals surface area contributed by atoms with Crippen LogP contribution in [0.1, 0.15) is 5.56 Å². The Bertz CT molecular complexity index is 638. The second-order valence-corrected chi connectivity index (χ2v) is 3.49. The number of aromatic hydroxyl groups is 1. The van der Waals surface area contributed by atoms with Crippen molar-refractivity contribution in [3.8, 4) is 17.3 Å². The normalized spacial score (nSPS) is 10.5. The molecule has 17 heavy (non-hydrogen) atoms. The first-order chi connectivity index (χ1) is 7.99. The highest BCUT2D eigenvalue weighted by Crippen LogP contribution is 2.19. The smallest absolute Gasteiger partial charge is 0.257 e. The zero-order valence-corrected chi connectivity index (χ0v) is 8.79. The molecule has 0 bridgehead atoms. The minimum Gasteiger partial charge on any atom is -0.493 e. The predicted octanol–water partition coefficient (Wildman–Crippen LogP) is 1.73. The fourth-order valence-electron chi connectivity index (χ4n) is 1.30. The maximum Gasteiger partial charge on any atom is 0.257 e. The number of H-pyrrole nitrogens is 1. The van der Waals surface area contributed by atoms with Crippen LogP contribution in [0, 0.1) is 18.6 Å². The molecule has 1 aromatic carbocycles. The molecule has 0 atom stereocenters. The van der Waals surface area contributed by atoms with Gasteiger partial charge in [0.05, 0.1) is 5.56 Å². The van der Waals surface area contributed by atoms with E-state index in [-0.39, 0.29) is 17.0 Å². The highest BCUT2D eigenvalue weighted by molar-refractivity contribution is 5.55. The Morgan fingerprint density at radius 1 is 1.29 bits per heavy atom. The number of nitrogens with zero attached hydrogens (tertiary/aromatic N) is 1. The van der Waals surface area contributed by atoms with Crippen molar-refractivity contribution in [2.75, 3.05) is 0 Å². The molecule has 0 radical (unpaired) electrons. The average Bonchev–Trinajstić information content (AvgIpc) is 2.29. The van der Waals surface area contributed by atoms with Crippen LogP contribution in [0.4, 0.5) is 8.78 Å². The summed E-state index contributed by atoms with van der Waals surface area (Å²) in [7, 11) is 0. The van der Waals surface area contributed by atoms with Crippen LogP contribution >= 0.6 is 0 Å². The molecule has 0 amide bonds. The van der Waals surface area contributed by atoms with Gasteiger partial charge in [-0.25, -0.2) is 8.78 Å². The minimum absolute atomic E-state index is 0.0167. The summed E-state index contributed by atoms with van der Waals surface area (Å²) in [6.07, 6.45) is 0. The molecule has 88 valence electrons. The Morgan fingerprint density at radius 2 is 2.00 bits per heavy atom. The molecular formula is C11H8F2N2O2. The lowest BCUT2D eigenvalue weighted by molar-refractivity contribution is 0.447. The van der Waals surface area contributed by atoms with Gasteiger partial charge in [-0.2, -0.15) is 4.98 Å². The van der Waals surface area contributed by atoms with Crippen molar-refractivity contribution >= 4 is 0 Å². The zero-order valence-electron chi connectivity index (χ0n) is 8.79. The van der Waals surface area contributed by atoms with Crippen molar-refractivity contribution in [3.05, 3.63) is 45.8 Å². The fraction of sp³-hybridized carbons (Fsp3) is 0.0909. The molecule has 2 aromatic rings. The lowest BCUT2D eigenvalue weighted by atomic mass is 10.2. The van der Waals surface area contributed by atoms with E-state index in [9.17, 15) is 18.7 Å². The minimum atomic E-state index is -1.05. The highest BCUT2D eigenvalue weighted by Gasteiger charge is 2.10. The second kappa shape index (κ2) is 3.97. The average molecular weight is 238 g/mol. The van der Waals surface area contributed by atoms with Crippen molar-refractivity contribution in [1.82, 2.24) is 9.97 Å². The summed E-state index contributed by atoms with van der Waals surface area (Å²) in [6, 6.07) is 3.06. The molecule has 0 saturated carbocycles. The third-order valence-corrected chi connectivity index (χ3v) is 2.32. The van der Waals surface area contributed by atoms with Gasteiger partial charge in [0.25, 0.3) is 5.56 Å². The van der Waals surface area contributed by atoms with Crippen molar-refractivity contribution in [1.29, 1.82) is 0 Å². The summed E-state index contributed by atoms with van der Waals surface area (Å²) in [6.45, 7) is 1.40. The summed E-state index contributed by atoms with van der Waals surface area (Å²) in [5, 5.41) is 9.37. The van der Waals surface area contributed by atoms with E-state index >= 15 is 0 Å². The van der Waals surface area contributed by atoms with Gasteiger partial charge in [-0.3, -0.25) is 4.79 Å². The van der Waals surface area contributed by atoms with Gasteiger partial charge in [0.1, 0.15) is 5.82 Å². The van der Waals surface area contributed by atoms with E-state index < -0.39 is 23.1 Å². The van der Waals surface area contributed by atoms with Crippen molar-refractivity contribution in [2.24, 2.45) is 0 Å². The highest BCUT2D eigenvalue weighted by atomic mass is 19.2. The van der Waals surface area contributed by atoms with Crippen LogP contribution in [0.2, 0.25) is 0 Å². The Hall–Kier alpha value is -2.24. The predicted molar refractivity (Wildman–Crippen MR) is 56.6 cm³/mol. The molecule has 0 unspecified atom stereocenters. The molecule has 0 fully saturated rings. The topological polar surface area (TPSA) is 66.0 Å². The SMILES string of the molecule is Cc1c(O)nc(-c2ccc(F)c(F)c2)[nH]c1=O. The monoisotopic (exact) mass is 238 g/mol. The molecule has 1 aromatic heterocycles. The molecule has 6 heteroatoms. The Labute approximate surface area is 94.6 Å². The van der Waals surface area contributed by atoms with Crippen LogP contribution in [0.5, 0.6) is 5.88 Å². The summed E-state index contributed by atoms with van der Waals surface area (Å²) >= 11 is 0. The fourth-order valence-corrected chi connectivity index (χ4v) is 1.30. The Kier molecular flexibility index (Phi) is 2.63. The lowest BCUT2D eigenvalue weighted by Gasteiger charge is -2.03. The summed E-state index contributed by atoms with van der Waals surface area (Å²) < 4.78 is 25.7. The first-order valence-electron chi connectivity index (χ1n) is 4.74. The van der Waals surface area contributed by atoms with Crippen LogP contribution in [-0.4, -0.2) is 15.1 Å². The van der Waals surface area contributed by atoms with E-state index in [0.29, 0.717) is 0 Å². The van der Waals surface area contributed by atoms with E-state index in [0.717, 1.165) is 12.1 Å². The molecule has 4 nitrogen and oxygen atoms in total. The van der Waals surface area contributed by atoms with Gasteiger partial charge in [-0.05, 0) is 25.1 Å². The van der Waals surface area contributed by atoms with Gasteiger partial charge in [0.15, 0.2) is 11.6 Å². The van der Waals surface area contributed by atoms with Crippen molar-refractivity contribution < 1.29 is 13.9 Å². The molecule has 0 aliphatic rings. The van der Waals surface area contributed by atoms with Gasteiger partial charge in [0, 0.05) is 5.56 Å². The number of aromatic nitrogens is 2. The second-order valence-electron chi connectivity index (χ2n) is 3.49. The lowest BCUT2D eigenvalue weighted by Crippen LogP contribution is -2.12. The molecule has 0 aliphatic carbocycles. The van der Waals surface area contributed by atoms with Gasteiger partial charge in [-0.15, -0.1) is 0 Å². The van der Waals surface area contributed by atoms with Gasteiger partial charge >= 0.3 is 0 Å². The number of rotatable bonds is 1. The number of hydrogen-bond donors (Lipinski definition) is 2. The maximum atomic E-state index is 13.0. The van der Waals surface area contributed by atoms with Gasteiger partial charge in [-0.1, -0.05) is 0 Å². The van der Waals surface area contributed by atoms with Crippen LogP contribution < -0.4 is 5.56 Å². The standard InChI is InChI=1S/C11H8F2N2O2/c1-5-10(16)14-9(15-11(5)17)6-2-3-7(12)8(13)4-6/h2-4H,1H3,(H2,14,15,16,17). The van der Waals surface area contributed by atoms with Crippen LogP contribution in [-0.2, 0) is 0 Å². The van der Waals surface area contributed by atoms with Gasteiger partial charge < -0.3 is 10.1 Å². The first kappa shape index (κ1) is 11.3. The van der Waals surface area contributed by atoms with E-state index in [2.05, 4.69) is 9.97 Å². The van der Waals surface area contributed by atoms with E-state index in [1.54, 1.807) is 0 Å². The first-order valence-corrected chi connectivity index (χ1v) is 4.74. The molecule has 1 heterocycles. The molecule has 0 aliphatic heterocycles. The number of nitrogens with one attached hydrogen (secondary N) is 1. The summed E-state index contributed by atoms with van der Waals surface area (Å²) in [4.78, 5) is 17.4. The van der Waals surface area contributed by atoms with Crippen molar-refractivity contribution in [2.45, 2.75) is 6.92 Å². The molecule has 0 saturated heterocycles. The molecule has 0 spiro atoms. The van der Waals surface area contributed by atoms with E-state index in [1.165, 1.54) is 13.0 Å².